The molecule has 2 N–H and O–H groups in total. The zero-order chi connectivity index (χ0) is 19.3. The fraction of sp³-hybridized carbons (Fsp3) is 0.818. The topological polar surface area (TPSA) is 82.9 Å². The Bertz CT molecular complexity index is 578. The minimum absolute atomic E-state index is 0.0610. The quantitative estimate of drug-likeness (QED) is 0.360. The Morgan fingerprint density at radius 3 is 1.54 bits per heavy atom. The third-order valence-electron chi connectivity index (χ3n) is 7.55. The lowest BCUT2D eigenvalue weighted by Gasteiger charge is -2.16. The van der Waals surface area contributed by atoms with E-state index in [2.05, 4.69) is 21.1 Å². The van der Waals surface area contributed by atoms with Gasteiger partial charge in [-0.2, -0.15) is 10.2 Å². The van der Waals surface area contributed by atoms with Crippen LogP contribution in [0.4, 0.5) is 0 Å². The fourth-order valence-corrected chi connectivity index (χ4v) is 6.05. The van der Waals surface area contributed by atoms with Gasteiger partial charge in [-0.3, -0.25) is 9.59 Å². The van der Waals surface area contributed by atoms with Crippen LogP contribution in [0.2, 0.25) is 0 Å². The van der Waals surface area contributed by atoms with E-state index in [1.165, 1.54) is 51.4 Å². The lowest BCUT2D eigenvalue weighted by Crippen LogP contribution is -2.21. The van der Waals surface area contributed by atoms with Crippen molar-refractivity contribution in [3.05, 3.63) is 0 Å². The van der Waals surface area contributed by atoms with Crippen LogP contribution in [0.1, 0.15) is 77.0 Å². The summed E-state index contributed by atoms with van der Waals surface area (Å²) in [5.41, 5.74) is 5.28. The standard InChI is InChI=1S/C22H34N4O2/c27-21(25-23-13-19-11-15-5-7-17(19)9-15)3-1-2-4-22(28)26-24-14-20-12-16-6-8-18(20)10-16/h13-20H,1-12H2,(H,25,27)(H,26,28)/b23-13+,24-14+/t15-,16-,17-,18-,19-,20+/m0/s1. The van der Waals surface area contributed by atoms with E-state index < -0.39 is 0 Å². The molecule has 28 heavy (non-hydrogen) atoms. The summed E-state index contributed by atoms with van der Waals surface area (Å²) in [4.78, 5) is 23.7. The van der Waals surface area contributed by atoms with Crippen molar-refractivity contribution in [2.75, 3.05) is 0 Å². The van der Waals surface area contributed by atoms with Gasteiger partial charge in [-0.05, 0) is 86.9 Å². The molecule has 4 bridgehead atoms. The number of nitrogens with one attached hydrogen (secondary N) is 2. The number of hydrazone groups is 2. The first-order valence-corrected chi connectivity index (χ1v) is 11.3. The maximum atomic E-state index is 11.9. The van der Waals surface area contributed by atoms with Gasteiger partial charge >= 0.3 is 0 Å². The van der Waals surface area contributed by atoms with Crippen molar-refractivity contribution < 1.29 is 9.59 Å². The molecule has 0 unspecified atom stereocenters. The van der Waals surface area contributed by atoms with Crippen molar-refractivity contribution in [3.63, 3.8) is 0 Å². The molecular formula is C22H34N4O2. The molecule has 4 aliphatic rings. The molecule has 0 heterocycles. The lowest BCUT2D eigenvalue weighted by atomic mass is 9.90. The summed E-state index contributed by atoms with van der Waals surface area (Å²) in [5.74, 6) is 4.35. The maximum Gasteiger partial charge on any atom is 0.240 e. The second-order valence-corrected chi connectivity index (χ2v) is 9.51. The average Bonchev–Trinajstić information content (AvgIpc) is 3.46. The Morgan fingerprint density at radius 2 is 1.18 bits per heavy atom. The Labute approximate surface area is 168 Å². The summed E-state index contributed by atoms with van der Waals surface area (Å²) in [6, 6.07) is 0. The molecule has 6 heteroatoms. The molecule has 0 spiro atoms. The predicted molar refractivity (Wildman–Crippen MR) is 110 cm³/mol. The van der Waals surface area contributed by atoms with Crippen molar-refractivity contribution >= 4 is 24.2 Å². The third-order valence-corrected chi connectivity index (χ3v) is 7.55. The van der Waals surface area contributed by atoms with Crippen LogP contribution in [0, 0.1) is 35.5 Å². The Balaban J connectivity index is 1.03. The van der Waals surface area contributed by atoms with E-state index in [-0.39, 0.29) is 11.8 Å². The second-order valence-electron chi connectivity index (χ2n) is 9.51. The van der Waals surface area contributed by atoms with Crippen LogP contribution in [0.25, 0.3) is 0 Å². The zero-order valence-electron chi connectivity index (χ0n) is 16.8. The highest BCUT2D eigenvalue weighted by molar-refractivity contribution is 5.78. The van der Waals surface area contributed by atoms with E-state index in [0.717, 1.165) is 23.7 Å². The highest BCUT2D eigenvalue weighted by Crippen LogP contribution is 2.48. The zero-order valence-corrected chi connectivity index (χ0v) is 16.8. The molecular weight excluding hydrogens is 352 g/mol. The number of unbranched alkanes of at least 4 members (excludes halogenated alkanes) is 1. The molecule has 2 amide bonds. The van der Waals surface area contributed by atoms with Crippen LogP contribution in [0.15, 0.2) is 10.2 Å². The summed E-state index contributed by atoms with van der Waals surface area (Å²) >= 11 is 0. The summed E-state index contributed by atoms with van der Waals surface area (Å²) in [7, 11) is 0. The Kier molecular flexibility index (Phi) is 6.43. The number of fused-ring (bicyclic) bond motifs is 4. The van der Waals surface area contributed by atoms with Gasteiger partial charge in [0.1, 0.15) is 0 Å². The van der Waals surface area contributed by atoms with Crippen LogP contribution in [0.3, 0.4) is 0 Å². The van der Waals surface area contributed by atoms with Gasteiger partial charge in [-0.25, -0.2) is 10.9 Å². The first-order chi connectivity index (χ1) is 13.7. The summed E-state index contributed by atoms with van der Waals surface area (Å²) in [6.07, 6.45) is 16.7. The van der Waals surface area contributed by atoms with Gasteiger partial charge in [0.15, 0.2) is 0 Å². The molecule has 0 aromatic rings. The molecule has 4 fully saturated rings. The van der Waals surface area contributed by atoms with E-state index in [4.69, 9.17) is 0 Å². The number of hydrogen-bond acceptors (Lipinski definition) is 4. The van der Waals surface area contributed by atoms with E-state index in [1.807, 2.05) is 12.4 Å². The molecule has 0 radical (unpaired) electrons. The second kappa shape index (κ2) is 9.19. The molecule has 6 atom stereocenters. The van der Waals surface area contributed by atoms with Gasteiger partial charge in [0.2, 0.25) is 11.8 Å². The number of rotatable bonds is 9. The van der Waals surface area contributed by atoms with Crippen LogP contribution in [-0.2, 0) is 9.59 Å². The molecule has 4 aliphatic carbocycles. The van der Waals surface area contributed by atoms with Gasteiger partial charge in [0.05, 0.1) is 0 Å². The number of carbonyl (C=O) groups excluding carboxylic acids is 2. The first kappa shape index (κ1) is 19.6. The maximum absolute atomic E-state index is 11.9. The SMILES string of the molecule is O=C(CCCCC(=O)N/N=C/[C@H]1C[C@H]2CC[C@H]1C2)N/N=C/[C@@H]1C[C@H]2CC[C@H]1C2. The van der Waals surface area contributed by atoms with E-state index in [9.17, 15) is 9.59 Å². The smallest absolute Gasteiger partial charge is 0.240 e. The van der Waals surface area contributed by atoms with Crippen molar-refractivity contribution in [3.8, 4) is 0 Å². The summed E-state index contributed by atoms with van der Waals surface area (Å²) in [5, 5.41) is 8.31. The molecule has 4 saturated carbocycles. The Morgan fingerprint density at radius 1 is 0.714 bits per heavy atom. The van der Waals surface area contributed by atoms with Gasteiger partial charge < -0.3 is 0 Å². The van der Waals surface area contributed by atoms with Crippen LogP contribution >= 0.6 is 0 Å². The molecule has 0 aliphatic heterocycles. The molecule has 4 rings (SSSR count). The van der Waals surface area contributed by atoms with Crippen molar-refractivity contribution in [1.29, 1.82) is 0 Å². The van der Waals surface area contributed by atoms with Crippen molar-refractivity contribution in [1.82, 2.24) is 10.9 Å². The van der Waals surface area contributed by atoms with E-state index >= 15 is 0 Å². The largest absolute Gasteiger partial charge is 0.273 e. The van der Waals surface area contributed by atoms with Crippen LogP contribution in [0.5, 0.6) is 0 Å². The highest BCUT2D eigenvalue weighted by atomic mass is 16.2. The predicted octanol–water partition coefficient (Wildman–Crippen LogP) is 3.62. The van der Waals surface area contributed by atoms with Gasteiger partial charge in [0.25, 0.3) is 0 Å². The fourth-order valence-electron chi connectivity index (χ4n) is 6.05. The molecule has 0 saturated heterocycles. The number of amides is 2. The Hall–Kier alpha value is -1.72. The van der Waals surface area contributed by atoms with Gasteiger partial charge in [-0.1, -0.05) is 12.8 Å². The van der Waals surface area contributed by atoms with Gasteiger partial charge in [0, 0.05) is 25.3 Å². The number of nitrogens with zero attached hydrogens (tertiary/aromatic N) is 2. The minimum Gasteiger partial charge on any atom is -0.273 e. The highest BCUT2D eigenvalue weighted by Gasteiger charge is 2.39. The normalized spacial score (nSPS) is 36.0. The van der Waals surface area contributed by atoms with E-state index in [1.54, 1.807) is 0 Å². The minimum atomic E-state index is -0.0610. The average molecular weight is 387 g/mol. The van der Waals surface area contributed by atoms with Crippen LogP contribution in [-0.4, -0.2) is 24.2 Å². The number of hydrogen-bond donors (Lipinski definition) is 2. The number of carbonyl (C=O) groups is 2. The monoisotopic (exact) mass is 386 g/mol. The van der Waals surface area contributed by atoms with Gasteiger partial charge in [-0.15, -0.1) is 0 Å². The summed E-state index contributed by atoms with van der Waals surface area (Å²) in [6.45, 7) is 0. The molecule has 154 valence electrons. The van der Waals surface area contributed by atoms with E-state index in [0.29, 0.717) is 37.5 Å². The van der Waals surface area contributed by atoms with Crippen molar-refractivity contribution in [2.45, 2.75) is 77.0 Å². The van der Waals surface area contributed by atoms with Crippen LogP contribution < -0.4 is 10.9 Å². The lowest BCUT2D eigenvalue weighted by molar-refractivity contribution is -0.123. The first-order valence-electron chi connectivity index (χ1n) is 11.3. The molecule has 0 aromatic carbocycles. The van der Waals surface area contributed by atoms with Crippen molar-refractivity contribution in [2.24, 2.45) is 45.7 Å². The third kappa shape index (κ3) is 5.00. The molecule has 6 nitrogen and oxygen atoms in total. The summed E-state index contributed by atoms with van der Waals surface area (Å²) < 4.78 is 0. The molecule has 0 aromatic heterocycles.